The molecule has 2 aromatic rings. The standard InChI is InChI=1S/C10H11N3O2/c1-11-13-6-12-8-5-7(10(14)15-2)3-4-9(8)13/h3-6,11H,1-2H3. The van der Waals surface area contributed by atoms with Crippen molar-refractivity contribution in [2.24, 2.45) is 0 Å². The van der Waals surface area contributed by atoms with Crippen LogP contribution in [0.25, 0.3) is 11.0 Å². The molecule has 0 unspecified atom stereocenters. The SMILES string of the molecule is CNn1cnc2cc(C(=O)OC)ccc21. The number of nitrogens with one attached hydrogen (secondary N) is 1. The number of fused-ring (bicyclic) bond motifs is 1. The number of esters is 1. The van der Waals surface area contributed by atoms with Crippen molar-refractivity contribution in [3.05, 3.63) is 30.1 Å². The van der Waals surface area contributed by atoms with Crippen LogP contribution in [0, 0.1) is 0 Å². The van der Waals surface area contributed by atoms with Crippen LogP contribution in [0.4, 0.5) is 0 Å². The van der Waals surface area contributed by atoms with Crippen LogP contribution >= 0.6 is 0 Å². The first-order valence-electron chi connectivity index (χ1n) is 4.49. The summed E-state index contributed by atoms with van der Waals surface area (Å²) in [5, 5.41) is 0. The van der Waals surface area contributed by atoms with Crippen molar-refractivity contribution in [1.29, 1.82) is 0 Å². The molecule has 1 N–H and O–H groups in total. The maximum atomic E-state index is 11.3. The van der Waals surface area contributed by atoms with Crippen molar-refractivity contribution in [3.63, 3.8) is 0 Å². The Morgan fingerprint density at radius 1 is 1.53 bits per heavy atom. The number of hydrogen-bond acceptors (Lipinski definition) is 4. The maximum Gasteiger partial charge on any atom is 0.337 e. The van der Waals surface area contributed by atoms with Gasteiger partial charge in [0.15, 0.2) is 0 Å². The molecule has 15 heavy (non-hydrogen) atoms. The molecule has 0 aliphatic carbocycles. The lowest BCUT2D eigenvalue weighted by Crippen LogP contribution is -2.06. The second kappa shape index (κ2) is 3.61. The molecule has 0 saturated heterocycles. The molecule has 0 aliphatic rings. The number of ether oxygens (including phenoxy) is 1. The Morgan fingerprint density at radius 3 is 3.00 bits per heavy atom. The van der Waals surface area contributed by atoms with E-state index in [2.05, 4.69) is 15.1 Å². The van der Waals surface area contributed by atoms with Gasteiger partial charge in [0.05, 0.1) is 23.7 Å². The van der Waals surface area contributed by atoms with Crippen LogP contribution in [-0.2, 0) is 4.74 Å². The summed E-state index contributed by atoms with van der Waals surface area (Å²) in [5.41, 5.74) is 5.13. The van der Waals surface area contributed by atoms with Crippen molar-refractivity contribution >= 4 is 17.0 Å². The number of carbonyl (C=O) groups excluding carboxylic acids is 1. The van der Waals surface area contributed by atoms with Gasteiger partial charge in [-0.25, -0.2) is 14.5 Å². The number of nitrogens with zero attached hydrogens (tertiary/aromatic N) is 2. The molecule has 1 aromatic carbocycles. The third-order valence-corrected chi connectivity index (χ3v) is 2.21. The first-order chi connectivity index (χ1) is 7.26. The van der Waals surface area contributed by atoms with Crippen molar-refractivity contribution in [1.82, 2.24) is 9.66 Å². The van der Waals surface area contributed by atoms with Crippen LogP contribution in [-0.4, -0.2) is 29.8 Å². The fraction of sp³-hybridized carbons (Fsp3) is 0.200. The zero-order chi connectivity index (χ0) is 10.8. The van der Waals surface area contributed by atoms with E-state index in [4.69, 9.17) is 0 Å². The molecule has 0 radical (unpaired) electrons. The summed E-state index contributed by atoms with van der Waals surface area (Å²) in [6.45, 7) is 0. The van der Waals surface area contributed by atoms with Gasteiger partial charge in [0.25, 0.3) is 0 Å². The first-order valence-corrected chi connectivity index (χ1v) is 4.49. The number of methoxy groups -OCH3 is 1. The van der Waals surface area contributed by atoms with Crippen LogP contribution in [0.2, 0.25) is 0 Å². The van der Waals surface area contributed by atoms with Gasteiger partial charge in [0.2, 0.25) is 0 Å². The van der Waals surface area contributed by atoms with Gasteiger partial charge in [-0.2, -0.15) is 0 Å². The molecule has 5 heteroatoms. The predicted molar refractivity (Wildman–Crippen MR) is 56.4 cm³/mol. The second-order valence-corrected chi connectivity index (χ2v) is 3.03. The van der Waals surface area contributed by atoms with E-state index >= 15 is 0 Å². The van der Waals surface area contributed by atoms with Gasteiger partial charge in [-0.15, -0.1) is 0 Å². The first kappa shape index (κ1) is 9.51. The molecule has 0 spiro atoms. The van der Waals surface area contributed by atoms with E-state index in [-0.39, 0.29) is 5.97 Å². The minimum Gasteiger partial charge on any atom is -0.465 e. The Morgan fingerprint density at radius 2 is 2.33 bits per heavy atom. The van der Waals surface area contributed by atoms with Gasteiger partial charge in [-0.3, -0.25) is 0 Å². The average molecular weight is 205 g/mol. The fourth-order valence-corrected chi connectivity index (χ4v) is 1.44. The second-order valence-electron chi connectivity index (χ2n) is 3.03. The quantitative estimate of drug-likeness (QED) is 0.743. The molecule has 0 saturated carbocycles. The number of rotatable bonds is 2. The molecule has 0 amide bonds. The third-order valence-electron chi connectivity index (χ3n) is 2.21. The molecular formula is C10H11N3O2. The fourth-order valence-electron chi connectivity index (χ4n) is 1.44. The normalized spacial score (nSPS) is 10.3. The van der Waals surface area contributed by atoms with Gasteiger partial charge in [0, 0.05) is 7.05 Å². The van der Waals surface area contributed by atoms with E-state index in [9.17, 15) is 4.79 Å². The zero-order valence-corrected chi connectivity index (χ0v) is 8.52. The third kappa shape index (κ3) is 1.52. The summed E-state index contributed by atoms with van der Waals surface area (Å²) >= 11 is 0. The van der Waals surface area contributed by atoms with Gasteiger partial charge < -0.3 is 10.2 Å². The molecule has 78 valence electrons. The molecule has 5 nitrogen and oxygen atoms in total. The highest BCUT2D eigenvalue weighted by Crippen LogP contribution is 2.14. The molecule has 2 rings (SSSR count). The Kier molecular flexibility index (Phi) is 2.29. The lowest BCUT2D eigenvalue weighted by atomic mass is 10.2. The van der Waals surface area contributed by atoms with Crippen molar-refractivity contribution < 1.29 is 9.53 Å². The van der Waals surface area contributed by atoms with Crippen LogP contribution in [0.3, 0.4) is 0 Å². The van der Waals surface area contributed by atoms with E-state index < -0.39 is 0 Å². The average Bonchev–Trinajstić information content (AvgIpc) is 2.69. The minimum atomic E-state index is -0.351. The smallest absolute Gasteiger partial charge is 0.337 e. The molecular weight excluding hydrogens is 194 g/mol. The van der Waals surface area contributed by atoms with Crippen LogP contribution in [0.1, 0.15) is 10.4 Å². The topological polar surface area (TPSA) is 56.2 Å². The lowest BCUT2D eigenvalue weighted by molar-refractivity contribution is 0.0601. The van der Waals surface area contributed by atoms with E-state index in [0.29, 0.717) is 5.56 Å². The van der Waals surface area contributed by atoms with Crippen molar-refractivity contribution in [2.45, 2.75) is 0 Å². The summed E-state index contributed by atoms with van der Waals surface area (Å²) in [4.78, 5) is 15.4. The van der Waals surface area contributed by atoms with E-state index in [1.165, 1.54) is 7.11 Å². The Labute approximate surface area is 86.6 Å². The predicted octanol–water partition coefficient (Wildman–Crippen LogP) is 0.996. The van der Waals surface area contributed by atoms with Crippen molar-refractivity contribution in [3.8, 4) is 0 Å². The highest BCUT2D eigenvalue weighted by Gasteiger charge is 2.08. The number of aromatic nitrogens is 2. The molecule has 1 heterocycles. The summed E-state index contributed by atoms with van der Waals surface area (Å²) in [7, 11) is 3.16. The molecule has 0 fully saturated rings. The Bertz CT molecular complexity index is 504. The van der Waals surface area contributed by atoms with E-state index in [1.807, 2.05) is 6.07 Å². The van der Waals surface area contributed by atoms with E-state index in [0.717, 1.165) is 11.0 Å². The molecule has 0 atom stereocenters. The van der Waals surface area contributed by atoms with Gasteiger partial charge in [0.1, 0.15) is 6.33 Å². The number of hydrogen-bond donors (Lipinski definition) is 1. The molecule has 0 bridgehead atoms. The lowest BCUT2D eigenvalue weighted by Gasteiger charge is -2.02. The van der Waals surface area contributed by atoms with Crippen LogP contribution in [0.15, 0.2) is 24.5 Å². The molecule has 0 aliphatic heterocycles. The highest BCUT2D eigenvalue weighted by atomic mass is 16.5. The van der Waals surface area contributed by atoms with Gasteiger partial charge >= 0.3 is 5.97 Å². The van der Waals surface area contributed by atoms with Crippen LogP contribution < -0.4 is 5.43 Å². The van der Waals surface area contributed by atoms with Crippen molar-refractivity contribution in [2.75, 3.05) is 19.6 Å². The van der Waals surface area contributed by atoms with Gasteiger partial charge in [-0.05, 0) is 18.2 Å². The largest absolute Gasteiger partial charge is 0.465 e. The van der Waals surface area contributed by atoms with Gasteiger partial charge in [-0.1, -0.05) is 0 Å². The Hall–Kier alpha value is -2.04. The highest BCUT2D eigenvalue weighted by molar-refractivity contribution is 5.93. The minimum absolute atomic E-state index is 0.351. The van der Waals surface area contributed by atoms with E-state index in [1.54, 1.807) is 30.2 Å². The summed E-state index contributed by atoms with van der Waals surface area (Å²) in [6, 6.07) is 5.24. The molecule has 1 aromatic heterocycles. The monoisotopic (exact) mass is 205 g/mol. The zero-order valence-electron chi connectivity index (χ0n) is 8.52. The Balaban J connectivity index is 2.53. The summed E-state index contributed by atoms with van der Waals surface area (Å²) < 4.78 is 6.40. The number of benzene rings is 1. The number of carbonyl (C=O) groups is 1. The number of imidazole rings is 1. The maximum absolute atomic E-state index is 11.3. The van der Waals surface area contributed by atoms with Crippen LogP contribution in [0.5, 0.6) is 0 Å². The summed E-state index contributed by atoms with van der Waals surface area (Å²) in [6.07, 6.45) is 1.66. The summed E-state index contributed by atoms with van der Waals surface area (Å²) in [5.74, 6) is -0.351.